The van der Waals surface area contributed by atoms with Crippen LogP contribution in [0.1, 0.15) is 5.56 Å². The van der Waals surface area contributed by atoms with Crippen LogP contribution in [0.2, 0.25) is 0 Å². The fourth-order valence-corrected chi connectivity index (χ4v) is 1.11. The van der Waals surface area contributed by atoms with Crippen LogP contribution in [0, 0.1) is 17.1 Å². The maximum absolute atomic E-state index is 12.8. The molecule has 0 spiro atoms. The van der Waals surface area contributed by atoms with Gasteiger partial charge in [-0.1, -0.05) is 12.2 Å². The van der Waals surface area contributed by atoms with Gasteiger partial charge in [-0.25, -0.2) is 4.39 Å². The van der Waals surface area contributed by atoms with Gasteiger partial charge in [-0.3, -0.25) is 0 Å². The van der Waals surface area contributed by atoms with Crippen molar-refractivity contribution in [3.8, 4) is 6.07 Å². The number of nitrogens with one attached hydrogen (secondary N) is 1. The molecule has 0 aromatic heterocycles. The lowest BCUT2D eigenvalue weighted by molar-refractivity contribution is 0.627. The molecule has 0 heterocycles. The van der Waals surface area contributed by atoms with E-state index in [0.29, 0.717) is 24.3 Å². The normalized spacial score (nSPS) is 10.2. The van der Waals surface area contributed by atoms with E-state index in [4.69, 9.17) is 11.0 Å². The largest absolute Gasteiger partial charge is 0.381 e. The molecule has 0 aliphatic rings. The van der Waals surface area contributed by atoms with Crippen molar-refractivity contribution in [1.29, 1.82) is 5.26 Å². The van der Waals surface area contributed by atoms with Gasteiger partial charge in [-0.15, -0.1) is 0 Å². The summed E-state index contributed by atoms with van der Waals surface area (Å²) in [5, 5.41) is 11.7. The highest BCUT2D eigenvalue weighted by Crippen LogP contribution is 2.15. The van der Waals surface area contributed by atoms with E-state index in [-0.39, 0.29) is 0 Å². The molecule has 4 heteroatoms. The van der Waals surface area contributed by atoms with E-state index in [1.165, 1.54) is 12.1 Å². The van der Waals surface area contributed by atoms with Crippen molar-refractivity contribution in [2.24, 2.45) is 5.73 Å². The van der Waals surface area contributed by atoms with Gasteiger partial charge in [0.25, 0.3) is 0 Å². The minimum absolute atomic E-state index is 0.302. The summed E-state index contributed by atoms with van der Waals surface area (Å²) in [6.45, 7) is 1.05. The van der Waals surface area contributed by atoms with Crippen LogP contribution in [0.15, 0.2) is 30.4 Å². The Balaban J connectivity index is 2.69. The number of nitrogens with two attached hydrogens (primary N) is 1. The fraction of sp³-hybridized carbons (Fsp3) is 0.182. The molecule has 1 aromatic rings. The van der Waals surface area contributed by atoms with Crippen molar-refractivity contribution < 1.29 is 4.39 Å². The molecule has 78 valence electrons. The average molecular weight is 205 g/mol. The molecule has 0 saturated heterocycles. The lowest BCUT2D eigenvalue weighted by Gasteiger charge is -2.05. The highest BCUT2D eigenvalue weighted by atomic mass is 19.1. The van der Waals surface area contributed by atoms with Crippen LogP contribution < -0.4 is 11.1 Å². The Hall–Kier alpha value is -1.86. The number of halogens is 1. The van der Waals surface area contributed by atoms with Gasteiger partial charge >= 0.3 is 0 Å². The summed E-state index contributed by atoms with van der Waals surface area (Å²) >= 11 is 0. The summed E-state index contributed by atoms with van der Waals surface area (Å²) in [4.78, 5) is 0. The number of benzene rings is 1. The van der Waals surface area contributed by atoms with E-state index in [9.17, 15) is 4.39 Å². The van der Waals surface area contributed by atoms with Gasteiger partial charge in [0.2, 0.25) is 0 Å². The Morgan fingerprint density at radius 1 is 1.47 bits per heavy atom. The molecule has 15 heavy (non-hydrogen) atoms. The number of anilines is 1. The van der Waals surface area contributed by atoms with E-state index in [0.717, 1.165) is 0 Å². The lowest BCUT2D eigenvalue weighted by atomic mass is 10.2. The first-order chi connectivity index (χ1) is 7.27. The predicted molar refractivity (Wildman–Crippen MR) is 57.8 cm³/mol. The molecular formula is C11H12FN3. The Bertz CT molecular complexity index is 393. The molecule has 0 fully saturated rings. The summed E-state index contributed by atoms with van der Waals surface area (Å²) in [5.74, 6) is -0.408. The van der Waals surface area contributed by atoms with Gasteiger partial charge in [0.15, 0.2) is 0 Å². The van der Waals surface area contributed by atoms with Crippen molar-refractivity contribution >= 4 is 5.69 Å². The smallest absolute Gasteiger partial charge is 0.124 e. The maximum atomic E-state index is 12.8. The van der Waals surface area contributed by atoms with E-state index in [1.807, 2.05) is 18.2 Å². The number of rotatable bonds is 4. The lowest BCUT2D eigenvalue weighted by Crippen LogP contribution is -2.02. The van der Waals surface area contributed by atoms with Crippen molar-refractivity contribution in [1.82, 2.24) is 0 Å². The maximum Gasteiger partial charge on any atom is 0.124 e. The molecule has 0 bridgehead atoms. The standard InChI is InChI=1S/C11H12FN3/c12-10-3-4-11(9(7-10)8-14)15-6-2-1-5-13/h1-4,7,15H,5-6,13H2/b2-1+. The second-order valence-corrected chi connectivity index (χ2v) is 2.89. The Morgan fingerprint density at radius 3 is 2.93 bits per heavy atom. The van der Waals surface area contributed by atoms with E-state index in [1.54, 1.807) is 6.07 Å². The number of hydrogen-bond acceptors (Lipinski definition) is 3. The second-order valence-electron chi connectivity index (χ2n) is 2.89. The molecule has 0 unspecified atom stereocenters. The Kier molecular flexibility index (Phi) is 4.32. The van der Waals surface area contributed by atoms with Crippen LogP contribution >= 0.6 is 0 Å². The molecule has 0 aliphatic carbocycles. The Morgan fingerprint density at radius 2 is 2.27 bits per heavy atom. The molecule has 0 saturated carbocycles. The zero-order valence-corrected chi connectivity index (χ0v) is 8.20. The molecule has 1 aromatic carbocycles. The van der Waals surface area contributed by atoms with Gasteiger partial charge in [-0.2, -0.15) is 5.26 Å². The van der Waals surface area contributed by atoms with Gasteiger partial charge in [0.05, 0.1) is 11.3 Å². The first kappa shape index (κ1) is 11.2. The topological polar surface area (TPSA) is 61.8 Å². The van der Waals surface area contributed by atoms with Crippen molar-refractivity contribution in [3.05, 3.63) is 41.7 Å². The first-order valence-corrected chi connectivity index (χ1v) is 4.56. The number of hydrogen-bond donors (Lipinski definition) is 2. The zero-order valence-electron chi connectivity index (χ0n) is 8.20. The summed E-state index contributed by atoms with van der Waals surface area (Å²) in [6, 6.07) is 5.99. The summed E-state index contributed by atoms with van der Waals surface area (Å²) in [6.07, 6.45) is 3.66. The van der Waals surface area contributed by atoms with E-state index < -0.39 is 5.82 Å². The molecule has 3 N–H and O–H groups in total. The van der Waals surface area contributed by atoms with Gasteiger partial charge in [-0.05, 0) is 18.2 Å². The quantitative estimate of drug-likeness (QED) is 0.734. The minimum Gasteiger partial charge on any atom is -0.381 e. The van der Waals surface area contributed by atoms with Crippen LogP contribution in [0.25, 0.3) is 0 Å². The third-order valence-corrected chi connectivity index (χ3v) is 1.82. The summed E-state index contributed by atoms with van der Waals surface area (Å²) in [5.41, 5.74) is 6.19. The minimum atomic E-state index is -0.408. The fourth-order valence-electron chi connectivity index (χ4n) is 1.11. The first-order valence-electron chi connectivity index (χ1n) is 4.56. The van der Waals surface area contributed by atoms with Crippen molar-refractivity contribution in [3.63, 3.8) is 0 Å². The number of nitriles is 1. The monoisotopic (exact) mass is 205 g/mol. The molecule has 0 aliphatic heterocycles. The Labute approximate surface area is 88.0 Å². The van der Waals surface area contributed by atoms with E-state index in [2.05, 4.69) is 5.32 Å². The molecule has 3 nitrogen and oxygen atoms in total. The SMILES string of the molecule is N#Cc1cc(F)ccc1NC/C=C/CN. The average Bonchev–Trinajstić information content (AvgIpc) is 2.26. The summed E-state index contributed by atoms with van der Waals surface area (Å²) < 4.78 is 12.8. The van der Waals surface area contributed by atoms with Crippen LogP contribution in [-0.4, -0.2) is 13.1 Å². The van der Waals surface area contributed by atoms with Crippen LogP contribution in [0.5, 0.6) is 0 Å². The zero-order chi connectivity index (χ0) is 11.1. The van der Waals surface area contributed by atoms with Crippen molar-refractivity contribution in [2.45, 2.75) is 0 Å². The van der Waals surface area contributed by atoms with Crippen LogP contribution in [-0.2, 0) is 0 Å². The predicted octanol–water partition coefficient (Wildman–Crippen LogP) is 1.62. The molecule has 0 radical (unpaired) electrons. The van der Waals surface area contributed by atoms with Crippen LogP contribution in [0.3, 0.4) is 0 Å². The van der Waals surface area contributed by atoms with Crippen LogP contribution in [0.4, 0.5) is 10.1 Å². The second kappa shape index (κ2) is 5.78. The molecule has 1 rings (SSSR count). The molecule has 0 atom stereocenters. The van der Waals surface area contributed by atoms with Gasteiger partial charge in [0.1, 0.15) is 11.9 Å². The third kappa shape index (κ3) is 3.41. The molecule has 0 amide bonds. The van der Waals surface area contributed by atoms with Gasteiger partial charge in [0, 0.05) is 13.1 Å². The van der Waals surface area contributed by atoms with Gasteiger partial charge < -0.3 is 11.1 Å². The molecular weight excluding hydrogens is 193 g/mol. The highest BCUT2D eigenvalue weighted by molar-refractivity contribution is 5.57. The third-order valence-electron chi connectivity index (χ3n) is 1.82. The van der Waals surface area contributed by atoms with E-state index >= 15 is 0 Å². The van der Waals surface area contributed by atoms with Crippen molar-refractivity contribution in [2.75, 3.05) is 18.4 Å². The highest BCUT2D eigenvalue weighted by Gasteiger charge is 2.01. The summed E-state index contributed by atoms with van der Waals surface area (Å²) in [7, 11) is 0. The number of nitrogens with zero attached hydrogens (tertiary/aromatic N) is 1.